The van der Waals surface area contributed by atoms with Gasteiger partial charge in [-0.05, 0) is 48.0 Å². The van der Waals surface area contributed by atoms with Crippen LogP contribution in [0, 0.1) is 0 Å². The highest BCUT2D eigenvalue weighted by Crippen LogP contribution is 2.28. The predicted octanol–water partition coefficient (Wildman–Crippen LogP) is 3.43. The molecular weight excluding hydrogens is 420 g/mol. The van der Waals surface area contributed by atoms with Gasteiger partial charge in [0, 0.05) is 12.1 Å². The minimum atomic E-state index is -3.68. The van der Waals surface area contributed by atoms with E-state index in [-0.39, 0.29) is 17.3 Å². The van der Waals surface area contributed by atoms with Crippen LogP contribution in [0.2, 0.25) is 0 Å². The van der Waals surface area contributed by atoms with E-state index in [1.54, 1.807) is 48.5 Å². The first-order valence-corrected chi connectivity index (χ1v) is 10.7. The molecular formula is C22H22N2O6S. The van der Waals surface area contributed by atoms with Gasteiger partial charge < -0.3 is 19.2 Å². The molecule has 0 fully saturated rings. The third kappa shape index (κ3) is 5.97. The molecule has 3 aromatic rings. The topological polar surface area (TPSA) is 107 Å². The van der Waals surface area contributed by atoms with Crippen LogP contribution in [-0.2, 0) is 21.4 Å². The molecule has 0 aliphatic heterocycles. The van der Waals surface area contributed by atoms with Crippen molar-refractivity contribution in [2.24, 2.45) is 0 Å². The van der Waals surface area contributed by atoms with E-state index in [0.717, 1.165) is 0 Å². The van der Waals surface area contributed by atoms with Crippen LogP contribution < -0.4 is 19.5 Å². The van der Waals surface area contributed by atoms with Gasteiger partial charge in [-0.15, -0.1) is 0 Å². The van der Waals surface area contributed by atoms with Crippen LogP contribution in [-0.4, -0.2) is 28.5 Å². The standard InChI is InChI=1S/C22H22N2O6S/c1-28-17-8-11-21(29-2)20(14-17)24-22(25)12-7-16-5-9-19(10-6-16)31(26,27)23-15-18-4-3-13-30-18/h3-14,23H,15H2,1-2H3,(H,24,25)/b12-7+. The summed E-state index contributed by atoms with van der Waals surface area (Å²) in [7, 11) is -0.641. The Balaban J connectivity index is 1.63. The first-order valence-electron chi connectivity index (χ1n) is 9.24. The van der Waals surface area contributed by atoms with Crippen LogP contribution >= 0.6 is 0 Å². The number of rotatable bonds is 9. The van der Waals surface area contributed by atoms with Gasteiger partial charge in [0.25, 0.3) is 0 Å². The molecule has 8 nitrogen and oxygen atoms in total. The van der Waals surface area contributed by atoms with Crippen molar-refractivity contribution in [2.45, 2.75) is 11.4 Å². The molecule has 0 saturated carbocycles. The number of methoxy groups -OCH3 is 2. The number of sulfonamides is 1. The molecule has 0 aliphatic rings. The van der Waals surface area contributed by atoms with Crippen LogP contribution in [0.5, 0.6) is 11.5 Å². The van der Waals surface area contributed by atoms with Crippen molar-refractivity contribution in [3.05, 3.63) is 78.3 Å². The van der Waals surface area contributed by atoms with Crippen molar-refractivity contribution < 1.29 is 27.1 Å². The van der Waals surface area contributed by atoms with Gasteiger partial charge in [0.15, 0.2) is 0 Å². The van der Waals surface area contributed by atoms with Crippen molar-refractivity contribution >= 4 is 27.7 Å². The summed E-state index contributed by atoms with van der Waals surface area (Å²) in [6.07, 6.45) is 4.40. The molecule has 2 aromatic carbocycles. The minimum absolute atomic E-state index is 0.0604. The van der Waals surface area contributed by atoms with Gasteiger partial charge >= 0.3 is 0 Å². The molecule has 0 radical (unpaired) electrons. The van der Waals surface area contributed by atoms with Crippen LogP contribution in [0.3, 0.4) is 0 Å². The Morgan fingerprint density at radius 3 is 2.48 bits per heavy atom. The average Bonchev–Trinajstić information content (AvgIpc) is 3.30. The Kier molecular flexibility index (Phi) is 7.11. The van der Waals surface area contributed by atoms with Crippen LogP contribution in [0.25, 0.3) is 6.08 Å². The number of ether oxygens (including phenoxy) is 2. The number of nitrogens with one attached hydrogen (secondary N) is 2. The number of benzene rings is 2. The molecule has 0 unspecified atom stereocenters. The zero-order valence-electron chi connectivity index (χ0n) is 17.0. The van der Waals surface area contributed by atoms with Crippen molar-refractivity contribution in [3.8, 4) is 11.5 Å². The van der Waals surface area contributed by atoms with E-state index in [0.29, 0.717) is 28.5 Å². The molecule has 0 atom stereocenters. The van der Waals surface area contributed by atoms with Crippen molar-refractivity contribution in [1.29, 1.82) is 0 Å². The monoisotopic (exact) mass is 442 g/mol. The number of amides is 1. The Bertz CT molecular complexity index is 1150. The molecule has 0 aliphatic carbocycles. The summed E-state index contributed by atoms with van der Waals surface area (Å²) < 4.78 is 42.7. The van der Waals surface area contributed by atoms with Crippen LogP contribution in [0.15, 0.2) is 76.2 Å². The predicted molar refractivity (Wildman–Crippen MR) is 116 cm³/mol. The molecule has 3 rings (SSSR count). The summed E-state index contributed by atoms with van der Waals surface area (Å²) in [6, 6.07) is 14.6. The number of anilines is 1. The fourth-order valence-corrected chi connectivity index (χ4v) is 3.67. The van der Waals surface area contributed by atoms with Gasteiger partial charge in [0.05, 0.1) is 37.6 Å². The van der Waals surface area contributed by atoms with Gasteiger partial charge in [-0.1, -0.05) is 12.1 Å². The fourth-order valence-electron chi connectivity index (χ4n) is 2.68. The largest absolute Gasteiger partial charge is 0.497 e. The van der Waals surface area contributed by atoms with Crippen molar-refractivity contribution in [3.63, 3.8) is 0 Å². The van der Waals surface area contributed by atoms with E-state index in [1.165, 1.54) is 38.7 Å². The molecule has 0 saturated heterocycles. The van der Waals surface area contributed by atoms with E-state index < -0.39 is 10.0 Å². The van der Waals surface area contributed by atoms with Gasteiger partial charge in [-0.3, -0.25) is 4.79 Å². The maximum atomic E-state index is 12.4. The average molecular weight is 442 g/mol. The normalized spacial score (nSPS) is 11.4. The zero-order valence-corrected chi connectivity index (χ0v) is 17.8. The number of carbonyl (C=O) groups is 1. The molecule has 1 amide bonds. The smallest absolute Gasteiger partial charge is 0.248 e. The molecule has 0 spiro atoms. The Morgan fingerprint density at radius 2 is 1.84 bits per heavy atom. The molecule has 162 valence electrons. The minimum Gasteiger partial charge on any atom is -0.497 e. The number of hydrogen-bond donors (Lipinski definition) is 2. The van der Waals surface area contributed by atoms with E-state index in [1.807, 2.05) is 0 Å². The number of hydrogen-bond acceptors (Lipinski definition) is 6. The summed E-state index contributed by atoms with van der Waals surface area (Å²) in [4.78, 5) is 12.4. The first kappa shape index (κ1) is 22.1. The second-order valence-electron chi connectivity index (χ2n) is 6.36. The van der Waals surface area contributed by atoms with Gasteiger partial charge in [-0.25, -0.2) is 13.1 Å². The summed E-state index contributed by atoms with van der Waals surface area (Å²) >= 11 is 0. The van der Waals surface area contributed by atoms with Crippen molar-refractivity contribution in [2.75, 3.05) is 19.5 Å². The third-order valence-corrected chi connectivity index (χ3v) is 5.72. The molecule has 1 heterocycles. The summed E-state index contributed by atoms with van der Waals surface area (Å²) in [5, 5.41) is 2.73. The lowest BCUT2D eigenvalue weighted by molar-refractivity contribution is -0.111. The van der Waals surface area contributed by atoms with E-state index >= 15 is 0 Å². The Morgan fingerprint density at radius 1 is 1.06 bits per heavy atom. The maximum absolute atomic E-state index is 12.4. The zero-order chi connectivity index (χ0) is 22.3. The molecule has 31 heavy (non-hydrogen) atoms. The highest BCUT2D eigenvalue weighted by Gasteiger charge is 2.14. The maximum Gasteiger partial charge on any atom is 0.248 e. The SMILES string of the molecule is COc1ccc(OC)c(NC(=O)/C=C/c2ccc(S(=O)(=O)NCc3ccco3)cc2)c1. The van der Waals surface area contributed by atoms with Gasteiger partial charge in [-0.2, -0.15) is 0 Å². The second-order valence-corrected chi connectivity index (χ2v) is 8.13. The molecule has 0 bridgehead atoms. The number of furan rings is 1. The Labute approximate surface area is 180 Å². The molecule has 9 heteroatoms. The lowest BCUT2D eigenvalue weighted by Crippen LogP contribution is -2.22. The fraction of sp³-hybridized carbons (Fsp3) is 0.136. The lowest BCUT2D eigenvalue weighted by Gasteiger charge is -2.10. The van der Waals surface area contributed by atoms with E-state index in [4.69, 9.17) is 13.9 Å². The van der Waals surface area contributed by atoms with Crippen LogP contribution in [0.1, 0.15) is 11.3 Å². The lowest BCUT2D eigenvalue weighted by atomic mass is 10.2. The summed E-state index contributed by atoms with van der Waals surface area (Å²) in [6.45, 7) is 0.0604. The second kappa shape index (κ2) is 9.96. The van der Waals surface area contributed by atoms with Gasteiger partial charge in [0.2, 0.25) is 15.9 Å². The molecule has 1 aromatic heterocycles. The third-order valence-electron chi connectivity index (χ3n) is 4.30. The first-order chi connectivity index (χ1) is 14.9. The quantitative estimate of drug-likeness (QED) is 0.492. The van der Waals surface area contributed by atoms with E-state index in [9.17, 15) is 13.2 Å². The highest BCUT2D eigenvalue weighted by atomic mass is 32.2. The van der Waals surface area contributed by atoms with Crippen LogP contribution in [0.4, 0.5) is 5.69 Å². The van der Waals surface area contributed by atoms with Crippen molar-refractivity contribution in [1.82, 2.24) is 4.72 Å². The summed E-state index contributed by atoms with van der Waals surface area (Å²) in [5.41, 5.74) is 1.14. The Hall–Kier alpha value is -3.56. The van der Waals surface area contributed by atoms with Gasteiger partial charge in [0.1, 0.15) is 17.3 Å². The van der Waals surface area contributed by atoms with E-state index in [2.05, 4.69) is 10.0 Å². The summed E-state index contributed by atoms with van der Waals surface area (Å²) in [5.74, 6) is 1.22. The molecule has 2 N–H and O–H groups in total. The number of carbonyl (C=O) groups excluding carboxylic acids is 1. The highest BCUT2D eigenvalue weighted by molar-refractivity contribution is 7.89.